The van der Waals surface area contributed by atoms with Crippen molar-refractivity contribution in [2.45, 2.75) is 71.2 Å². The summed E-state index contributed by atoms with van der Waals surface area (Å²) in [4.78, 5) is 23.8. The number of nitrogens with two attached hydrogens (primary N) is 1. The van der Waals surface area contributed by atoms with Crippen molar-refractivity contribution in [2.24, 2.45) is 5.73 Å². The Morgan fingerprint density at radius 2 is 1.80 bits per heavy atom. The lowest BCUT2D eigenvalue weighted by atomic mass is 9.88. The van der Waals surface area contributed by atoms with Crippen LogP contribution in [0.5, 0.6) is 0 Å². The zero-order chi connectivity index (χ0) is 18.1. The number of nitrogens with one attached hydrogen (secondary N) is 1. The molecule has 0 heterocycles. The number of amides is 1. The molecule has 1 aliphatic carbocycles. The van der Waals surface area contributed by atoms with Gasteiger partial charge >= 0.3 is 12.1 Å². The average molecular weight is 379 g/mol. The van der Waals surface area contributed by atoms with E-state index in [9.17, 15) is 9.59 Å². The third kappa shape index (κ3) is 7.22. The van der Waals surface area contributed by atoms with Crippen LogP contribution < -0.4 is 11.1 Å². The number of hydrogen-bond acceptors (Lipinski definition) is 6. The van der Waals surface area contributed by atoms with E-state index in [-0.39, 0.29) is 31.1 Å². The fourth-order valence-corrected chi connectivity index (χ4v) is 2.69. The van der Waals surface area contributed by atoms with Gasteiger partial charge in [0.25, 0.3) is 0 Å². The van der Waals surface area contributed by atoms with Gasteiger partial charge in [0.15, 0.2) is 0 Å². The summed E-state index contributed by atoms with van der Waals surface area (Å²) >= 11 is 0. The van der Waals surface area contributed by atoms with E-state index in [1.165, 1.54) is 0 Å². The van der Waals surface area contributed by atoms with Crippen LogP contribution in [0.15, 0.2) is 11.6 Å². The minimum Gasteiger partial charge on any atom is -0.463 e. The van der Waals surface area contributed by atoms with Crippen LogP contribution in [-0.4, -0.2) is 49.6 Å². The topological polar surface area (TPSA) is 99.9 Å². The highest BCUT2D eigenvalue weighted by Gasteiger charge is 2.36. The van der Waals surface area contributed by atoms with E-state index in [4.69, 9.17) is 19.9 Å². The predicted octanol–water partition coefficient (Wildman–Crippen LogP) is 2.32. The highest BCUT2D eigenvalue weighted by atomic mass is 35.5. The van der Waals surface area contributed by atoms with Gasteiger partial charge < -0.3 is 25.3 Å². The van der Waals surface area contributed by atoms with Crippen LogP contribution in [0.4, 0.5) is 4.79 Å². The Morgan fingerprint density at radius 1 is 1.20 bits per heavy atom. The number of rotatable bonds is 8. The van der Waals surface area contributed by atoms with Crippen LogP contribution in [0.1, 0.15) is 47.0 Å². The third-order valence-corrected chi connectivity index (χ3v) is 3.99. The van der Waals surface area contributed by atoms with Crippen molar-refractivity contribution in [1.82, 2.24) is 5.32 Å². The quantitative estimate of drug-likeness (QED) is 0.629. The van der Waals surface area contributed by atoms with Gasteiger partial charge in [-0.25, -0.2) is 9.59 Å². The molecule has 3 N–H and O–H groups in total. The zero-order valence-corrected chi connectivity index (χ0v) is 16.3. The van der Waals surface area contributed by atoms with Crippen LogP contribution >= 0.6 is 12.4 Å². The van der Waals surface area contributed by atoms with E-state index in [1.807, 2.05) is 13.8 Å². The van der Waals surface area contributed by atoms with Gasteiger partial charge in [0, 0.05) is 11.6 Å². The number of hydrogen-bond donors (Lipinski definition) is 2. The molecule has 3 atom stereocenters. The Bertz CT molecular complexity index is 454. The second-order valence-corrected chi connectivity index (χ2v) is 5.71. The number of carbonyl (C=O) groups is 2. The standard InChI is InChI=1S/C17H30N2O5.ClH/c1-5-12(6-2)24-14-10-11(16(20)22-7-3)9-13(18)15(14)19-17(21)23-8-4;/h10,12-15H,5-9,18H2,1-4H3,(H,19,21);1H/t13-,14+,15+;/m0./s1. The molecule has 7 nitrogen and oxygen atoms in total. The minimum atomic E-state index is -0.538. The molecule has 1 aliphatic rings. The molecule has 0 aromatic rings. The molecule has 0 radical (unpaired) electrons. The largest absolute Gasteiger partial charge is 0.463 e. The molecule has 1 rings (SSSR count). The molecule has 0 unspecified atom stereocenters. The second-order valence-electron chi connectivity index (χ2n) is 5.71. The predicted molar refractivity (Wildman–Crippen MR) is 97.7 cm³/mol. The number of ether oxygens (including phenoxy) is 3. The molecule has 1 amide bonds. The number of carbonyl (C=O) groups excluding carboxylic acids is 2. The van der Waals surface area contributed by atoms with Crippen molar-refractivity contribution in [3.05, 3.63) is 11.6 Å². The van der Waals surface area contributed by atoms with Gasteiger partial charge in [0.1, 0.15) is 0 Å². The normalized spacial score (nSPS) is 22.6. The number of halogens is 1. The van der Waals surface area contributed by atoms with E-state index < -0.39 is 24.3 Å². The molecule has 146 valence electrons. The Labute approximate surface area is 156 Å². The summed E-state index contributed by atoms with van der Waals surface area (Å²) in [5, 5.41) is 2.76. The van der Waals surface area contributed by atoms with Gasteiger partial charge in [-0.2, -0.15) is 0 Å². The van der Waals surface area contributed by atoms with E-state index in [0.717, 1.165) is 12.8 Å². The first-order valence-electron chi connectivity index (χ1n) is 8.68. The summed E-state index contributed by atoms with van der Waals surface area (Å²) in [6.07, 6.45) is 2.68. The molecule has 0 spiro atoms. The maximum Gasteiger partial charge on any atom is 0.407 e. The Hall–Kier alpha value is -1.31. The number of alkyl carbamates (subject to hydrolysis) is 1. The van der Waals surface area contributed by atoms with Crippen molar-refractivity contribution >= 4 is 24.5 Å². The molecule has 25 heavy (non-hydrogen) atoms. The lowest BCUT2D eigenvalue weighted by molar-refractivity contribution is -0.139. The van der Waals surface area contributed by atoms with Crippen LogP contribution in [0.2, 0.25) is 0 Å². The van der Waals surface area contributed by atoms with Gasteiger partial charge in [0.05, 0.1) is 31.5 Å². The maximum atomic E-state index is 12.0. The Balaban J connectivity index is 0.00000576. The monoisotopic (exact) mass is 378 g/mol. The first-order valence-corrected chi connectivity index (χ1v) is 8.68. The SMILES string of the molecule is CCOC(=O)N[C@@H]1[C@@H](N)CC(C(=O)OCC)=C[C@H]1OC(CC)CC.Cl. The van der Waals surface area contributed by atoms with E-state index in [0.29, 0.717) is 18.6 Å². The van der Waals surface area contributed by atoms with Gasteiger partial charge in [-0.05, 0) is 39.2 Å². The van der Waals surface area contributed by atoms with Crippen molar-refractivity contribution < 1.29 is 23.8 Å². The summed E-state index contributed by atoms with van der Waals surface area (Å²) < 4.78 is 16.1. The van der Waals surface area contributed by atoms with Gasteiger partial charge in [-0.3, -0.25) is 0 Å². The number of esters is 1. The zero-order valence-electron chi connectivity index (χ0n) is 15.4. The van der Waals surface area contributed by atoms with Crippen LogP contribution in [0.25, 0.3) is 0 Å². The first-order chi connectivity index (χ1) is 11.5. The van der Waals surface area contributed by atoms with E-state index >= 15 is 0 Å². The van der Waals surface area contributed by atoms with Crippen molar-refractivity contribution in [3.8, 4) is 0 Å². The maximum absolute atomic E-state index is 12.0. The van der Waals surface area contributed by atoms with Crippen LogP contribution in [-0.2, 0) is 19.0 Å². The van der Waals surface area contributed by atoms with Gasteiger partial charge in [-0.15, -0.1) is 12.4 Å². The highest BCUT2D eigenvalue weighted by Crippen LogP contribution is 2.24. The molecule has 0 saturated carbocycles. The summed E-state index contributed by atoms with van der Waals surface area (Å²) in [5.41, 5.74) is 6.69. The highest BCUT2D eigenvalue weighted by molar-refractivity contribution is 5.89. The molecule has 0 aliphatic heterocycles. The summed E-state index contributed by atoms with van der Waals surface area (Å²) in [5.74, 6) is -0.388. The first kappa shape index (κ1) is 23.7. The lowest BCUT2D eigenvalue weighted by Gasteiger charge is -2.36. The Kier molecular flexibility index (Phi) is 11.5. The molecule has 0 fully saturated rings. The minimum absolute atomic E-state index is 0. The molecular weight excluding hydrogens is 348 g/mol. The van der Waals surface area contributed by atoms with E-state index in [1.54, 1.807) is 19.9 Å². The second kappa shape index (κ2) is 12.1. The molecule has 0 bridgehead atoms. The molecule has 0 aromatic carbocycles. The summed E-state index contributed by atoms with van der Waals surface area (Å²) in [7, 11) is 0. The van der Waals surface area contributed by atoms with Crippen molar-refractivity contribution in [1.29, 1.82) is 0 Å². The van der Waals surface area contributed by atoms with E-state index in [2.05, 4.69) is 5.32 Å². The smallest absolute Gasteiger partial charge is 0.407 e. The fraction of sp³-hybridized carbons (Fsp3) is 0.765. The van der Waals surface area contributed by atoms with Crippen molar-refractivity contribution in [2.75, 3.05) is 13.2 Å². The Morgan fingerprint density at radius 3 is 2.32 bits per heavy atom. The third-order valence-electron chi connectivity index (χ3n) is 3.99. The lowest BCUT2D eigenvalue weighted by Crippen LogP contribution is -2.57. The summed E-state index contributed by atoms with van der Waals surface area (Å²) in [6, 6.07) is -0.916. The van der Waals surface area contributed by atoms with Gasteiger partial charge in [-0.1, -0.05) is 13.8 Å². The molecule has 0 saturated heterocycles. The van der Waals surface area contributed by atoms with Gasteiger partial charge in [0.2, 0.25) is 0 Å². The van der Waals surface area contributed by atoms with Crippen LogP contribution in [0.3, 0.4) is 0 Å². The fourth-order valence-electron chi connectivity index (χ4n) is 2.69. The van der Waals surface area contributed by atoms with Crippen LogP contribution in [0, 0.1) is 0 Å². The average Bonchev–Trinajstić information content (AvgIpc) is 2.55. The van der Waals surface area contributed by atoms with Crippen molar-refractivity contribution in [3.63, 3.8) is 0 Å². The molecular formula is C17H31ClN2O5. The molecule has 0 aromatic heterocycles. The summed E-state index contributed by atoms with van der Waals surface area (Å²) in [6.45, 7) is 8.12. The molecule has 8 heteroatoms.